The predicted molar refractivity (Wildman–Crippen MR) is 91.5 cm³/mol. The van der Waals surface area contributed by atoms with Crippen molar-refractivity contribution in [1.82, 2.24) is 15.0 Å². The van der Waals surface area contributed by atoms with Gasteiger partial charge in [0.05, 0.1) is 11.2 Å². The first-order valence-electron chi connectivity index (χ1n) is 8.10. The smallest absolute Gasteiger partial charge is 0.351 e. The lowest BCUT2D eigenvalue weighted by Gasteiger charge is -2.19. The summed E-state index contributed by atoms with van der Waals surface area (Å²) in [6.45, 7) is 3.13. The van der Waals surface area contributed by atoms with E-state index in [0.717, 1.165) is 10.1 Å². The van der Waals surface area contributed by atoms with Crippen molar-refractivity contribution < 1.29 is 22.5 Å². The van der Waals surface area contributed by atoms with Crippen molar-refractivity contribution >= 4 is 16.8 Å². The van der Waals surface area contributed by atoms with E-state index in [-0.39, 0.29) is 29.8 Å². The highest BCUT2D eigenvalue weighted by Crippen LogP contribution is 2.30. The van der Waals surface area contributed by atoms with E-state index in [1.54, 1.807) is 26.0 Å². The fourth-order valence-corrected chi connectivity index (χ4v) is 2.81. The molecule has 0 atom stereocenters. The zero-order valence-electron chi connectivity index (χ0n) is 14.6. The molecule has 0 saturated heterocycles. The van der Waals surface area contributed by atoms with Crippen molar-refractivity contribution in [1.29, 1.82) is 0 Å². The van der Waals surface area contributed by atoms with E-state index in [9.17, 15) is 22.8 Å². The molecule has 0 spiro atoms. The lowest BCUT2D eigenvalue weighted by molar-refractivity contribution is -0.143. The van der Waals surface area contributed by atoms with Crippen LogP contribution in [-0.4, -0.2) is 22.2 Å². The van der Waals surface area contributed by atoms with Gasteiger partial charge in [0.1, 0.15) is 5.69 Å². The molecule has 2 heterocycles. The van der Waals surface area contributed by atoms with Crippen LogP contribution in [0.5, 0.6) is 0 Å². The quantitative estimate of drug-likeness (QED) is 0.756. The summed E-state index contributed by atoms with van der Waals surface area (Å²) < 4.78 is 46.1. The van der Waals surface area contributed by atoms with Gasteiger partial charge in [0.25, 0.3) is 5.91 Å². The fourth-order valence-electron chi connectivity index (χ4n) is 2.81. The maximum absolute atomic E-state index is 13.4. The highest BCUT2D eigenvalue weighted by atomic mass is 19.4. The van der Waals surface area contributed by atoms with Crippen LogP contribution in [0.15, 0.2) is 39.6 Å². The van der Waals surface area contributed by atoms with Gasteiger partial charge in [-0.3, -0.25) is 9.59 Å². The average Bonchev–Trinajstić information content (AvgIpc) is 3.02. The highest BCUT2D eigenvalue weighted by molar-refractivity contribution is 5.91. The number of rotatable bonds is 4. The van der Waals surface area contributed by atoms with Gasteiger partial charge in [-0.1, -0.05) is 16.8 Å². The molecule has 1 N–H and O–H groups in total. The van der Waals surface area contributed by atoms with Crippen molar-refractivity contribution in [3.63, 3.8) is 0 Å². The van der Waals surface area contributed by atoms with Crippen molar-refractivity contribution in [2.24, 2.45) is 0 Å². The van der Waals surface area contributed by atoms with Gasteiger partial charge >= 0.3 is 6.18 Å². The van der Waals surface area contributed by atoms with E-state index >= 15 is 0 Å². The number of pyridine rings is 1. The monoisotopic (exact) mass is 379 g/mol. The summed E-state index contributed by atoms with van der Waals surface area (Å²) in [5, 5.41) is 6.27. The van der Waals surface area contributed by atoms with Crippen LogP contribution in [0, 0.1) is 13.8 Å². The molecule has 0 aliphatic rings. The first-order valence-corrected chi connectivity index (χ1v) is 8.10. The van der Waals surface area contributed by atoms with E-state index in [4.69, 9.17) is 4.52 Å². The van der Waals surface area contributed by atoms with Gasteiger partial charge in [-0.25, -0.2) is 0 Å². The molecule has 1 amide bonds. The summed E-state index contributed by atoms with van der Waals surface area (Å²) in [5.74, 6) is -0.603. The van der Waals surface area contributed by atoms with Crippen molar-refractivity contribution in [2.45, 2.75) is 26.6 Å². The van der Waals surface area contributed by atoms with Gasteiger partial charge in [0.2, 0.25) is 5.76 Å². The Kier molecular flexibility index (Phi) is 4.77. The number of hydrogen-bond donors (Lipinski definition) is 1. The lowest BCUT2D eigenvalue weighted by atomic mass is 10.1. The number of amides is 1. The van der Waals surface area contributed by atoms with Crippen molar-refractivity contribution in [3.8, 4) is 0 Å². The first kappa shape index (κ1) is 18.7. The molecule has 3 aromatic rings. The number of hydrogen-bond acceptors (Lipinski definition) is 4. The maximum Gasteiger partial charge on any atom is 0.431 e. The number of carbonyl (C=O) groups is 1. The third-order valence-corrected chi connectivity index (χ3v) is 4.03. The van der Waals surface area contributed by atoms with Gasteiger partial charge in [-0.2, -0.15) is 13.2 Å². The molecular weight excluding hydrogens is 363 g/mol. The number of nitrogens with one attached hydrogen (secondary N) is 1. The van der Waals surface area contributed by atoms with Crippen LogP contribution in [-0.2, 0) is 12.7 Å². The van der Waals surface area contributed by atoms with Gasteiger partial charge in [-0.15, -0.1) is 0 Å². The largest absolute Gasteiger partial charge is 0.431 e. The van der Waals surface area contributed by atoms with E-state index < -0.39 is 23.2 Å². The predicted octanol–water partition coefficient (Wildman–Crippen LogP) is 3.06. The molecule has 9 heteroatoms. The number of carbonyl (C=O) groups excluding carboxylic acids is 1. The number of aromatic nitrogens is 2. The van der Waals surface area contributed by atoms with Gasteiger partial charge in [-0.05, 0) is 26.0 Å². The SMILES string of the molecule is Cc1ccc2c(c1)c(=O)cc(C(F)(F)F)n2CCNC(=O)c1cc(C)no1. The average molecular weight is 379 g/mol. The van der Waals surface area contributed by atoms with E-state index in [1.165, 1.54) is 12.1 Å². The standard InChI is InChI=1S/C18H16F3N3O3/c1-10-3-4-13-12(7-10)14(25)9-16(18(19,20)21)24(13)6-5-22-17(26)15-8-11(2)23-27-15/h3-4,7-9H,5-6H2,1-2H3,(H,22,26). The molecule has 27 heavy (non-hydrogen) atoms. The minimum absolute atomic E-state index is 0.0241. The highest BCUT2D eigenvalue weighted by Gasteiger charge is 2.35. The second-order valence-electron chi connectivity index (χ2n) is 6.15. The Labute approximate surface area is 151 Å². The topological polar surface area (TPSA) is 77.1 Å². The third kappa shape index (κ3) is 3.86. The van der Waals surface area contributed by atoms with Crippen LogP contribution in [0.25, 0.3) is 10.9 Å². The number of halogens is 3. The number of aryl methyl sites for hydroxylation is 2. The summed E-state index contributed by atoms with van der Waals surface area (Å²) in [6.07, 6.45) is -4.70. The van der Waals surface area contributed by atoms with Crippen LogP contribution in [0.2, 0.25) is 0 Å². The van der Waals surface area contributed by atoms with Crippen LogP contribution in [0.3, 0.4) is 0 Å². The Bertz CT molecular complexity index is 1070. The van der Waals surface area contributed by atoms with Gasteiger partial charge in [0, 0.05) is 30.6 Å². The van der Waals surface area contributed by atoms with Crippen LogP contribution >= 0.6 is 0 Å². The third-order valence-electron chi connectivity index (χ3n) is 4.03. The van der Waals surface area contributed by atoms with Crippen LogP contribution in [0.1, 0.15) is 27.5 Å². The van der Waals surface area contributed by atoms with Gasteiger partial charge in [0.15, 0.2) is 5.43 Å². The Morgan fingerprint density at radius 2 is 1.96 bits per heavy atom. The van der Waals surface area contributed by atoms with Crippen molar-refractivity contribution in [2.75, 3.05) is 6.54 Å². The molecule has 6 nitrogen and oxygen atoms in total. The van der Waals surface area contributed by atoms with Crippen LogP contribution < -0.4 is 10.7 Å². The Morgan fingerprint density at radius 3 is 2.59 bits per heavy atom. The Hall–Kier alpha value is -3.10. The molecule has 0 aliphatic heterocycles. The Morgan fingerprint density at radius 1 is 1.22 bits per heavy atom. The second-order valence-corrected chi connectivity index (χ2v) is 6.15. The van der Waals surface area contributed by atoms with Crippen molar-refractivity contribution in [3.05, 3.63) is 63.3 Å². The minimum Gasteiger partial charge on any atom is -0.351 e. The zero-order chi connectivity index (χ0) is 19.8. The summed E-state index contributed by atoms with van der Waals surface area (Å²) in [4.78, 5) is 24.1. The lowest BCUT2D eigenvalue weighted by Crippen LogP contribution is -2.30. The van der Waals surface area contributed by atoms with E-state index in [0.29, 0.717) is 11.8 Å². The fraction of sp³-hybridized carbons (Fsp3) is 0.278. The molecule has 2 aromatic heterocycles. The zero-order valence-corrected chi connectivity index (χ0v) is 14.6. The molecule has 0 aliphatic carbocycles. The first-order chi connectivity index (χ1) is 12.7. The summed E-state index contributed by atoms with van der Waals surface area (Å²) in [6, 6.07) is 6.67. The Balaban J connectivity index is 1.93. The molecule has 0 unspecified atom stereocenters. The molecule has 1 aromatic carbocycles. The van der Waals surface area contributed by atoms with Gasteiger partial charge < -0.3 is 14.4 Å². The van der Waals surface area contributed by atoms with Crippen LogP contribution in [0.4, 0.5) is 13.2 Å². The minimum atomic E-state index is -4.70. The number of benzene rings is 1. The number of fused-ring (bicyclic) bond motifs is 1. The molecule has 0 fully saturated rings. The molecular formula is C18H16F3N3O3. The summed E-state index contributed by atoms with van der Waals surface area (Å²) in [7, 11) is 0. The molecule has 0 radical (unpaired) electrons. The number of nitrogens with zero attached hydrogens (tertiary/aromatic N) is 2. The second kappa shape index (κ2) is 6.90. The normalized spacial score (nSPS) is 11.7. The molecule has 3 rings (SSSR count). The molecule has 0 saturated carbocycles. The van der Waals surface area contributed by atoms with E-state index in [1.807, 2.05) is 0 Å². The number of alkyl halides is 3. The maximum atomic E-state index is 13.4. The molecule has 0 bridgehead atoms. The molecule has 142 valence electrons. The summed E-state index contributed by atoms with van der Waals surface area (Å²) in [5.41, 5.74) is -0.321. The van der Waals surface area contributed by atoms with E-state index in [2.05, 4.69) is 10.5 Å². The summed E-state index contributed by atoms with van der Waals surface area (Å²) >= 11 is 0.